The molecule has 0 unspecified atom stereocenters. The second-order valence-corrected chi connectivity index (χ2v) is 5.36. The van der Waals surface area contributed by atoms with Crippen LogP contribution < -0.4 is 5.32 Å². The second kappa shape index (κ2) is 7.17. The fourth-order valence-corrected chi connectivity index (χ4v) is 2.71. The average Bonchev–Trinajstić information content (AvgIpc) is 2.49. The molecule has 1 amide bonds. The van der Waals surface area contributed by atoms with E-state index >= 15 is 0 Å². The summed E-state index contributed by atoms with van der Waals surface area (Å²) < 4.78 is 0. The third-order valence-electron chi connectivity index (χ3n) is 3.81. The summed E-state index contributed by atoms with van der Waals surface area (Å²) in [7, 11) is 0. The van der Waals surface area contributed by atoms with E-state index in [0.29, 0.717) is 0 Å². The summed E-state index contributed by atoms with van der Waals surface area (Å²) >= 11 is 0. The van der Waals surface area contributed by atoms with Crippen LogP contribution in [0.2, 0.25) is 0 Å². The normalized spacial score (nSPS) is 16.6. The van der Waals surface area contributed by atoms with Gasteiger partial charge in [0.25, 0.3) is 11.6 Å². The first-order valence-corrected chi connectivity index (χ1v) is 7.38. The molecule has 1 heterocycles. The molecule has 0 bridgehead atoms. The molecule has 1 aromatic carbocycles. The van der Waals surface area contributed by atoms with Crippen molar-refractivity contribution < 1.29 is 9.72 Å². The maximum Gasteiger partial charge on any atom is 0.282 e. The van der Waals surface area contributed by atoms with Gasteiger partial charge in [-0.05, 0) is 31.9 Å². The Labute approximate surface area is 124 Å². The first-order chi connectivity index (χ1) is 10.1. The van der Waals surface area contributed by atoms with Crippen LogP contribution in [0, 0.1) is 10.1 Å². The second-order valence-electron chi connectivity index (χ2n) is 5.36. The lowest BCUT2D eigenvalue weighted by Gasteiger charge is -2.32. The number of para-hydroxylation sites is 1. The van der Waals surface area contributed by atoms with E-state index in [1.807, 2.05) is 0 Å². The SMILES string of the molecule is CCCN1CCC(NC(=O)c2ccccc2[N+](=O)[O-])CC1. The van der Waals surface area contributed by atoms with Gasteiger partial charge >= 0.3 is 0 Å². The number of nitrogens with one attached hydrogen (secondary N) is 1. The molecule has 0 aromatic heterocycles. The van der Waals surface area contributed by atoms with Crippen LogP contribution >= 0.6 is 0 Å². The number of piperidine rings is 1. The van der Waals surface area contributed by atoms with Gasteiger partial charge in [-0.15, -0.1) is 0 Å². The minimum Gasteiger partial charge on any atom is -0.349 e. The monoisotopic (exact) mass is 291 g/mol. The highest BCUT2D eigenvalue weighted by atomic mass is 16.6. The molecule has 0 atom stereocenters. The predicted octanol–water partition coefficient (Wildman–Crippen LogP) is 2.20. The molecule has 1 aromatic rings. The van der Waals surface area contributed by atoms with Crippen LogP contribution in [0.15, 0.2) is 24.3 Å². The van der Waals surface area contributed by atoms with Gasteiger partial charge in [-0.3, -0.25) is 14.9 Å². The smallest absolute Gasteiger partial charge is 0.282 e. The molecule has 2 rings (SSSR count). The minimum absolute atomic E-state index is 0.102. The highest BCUT2D eigenvalue weighted by Crippen LogP contribution is 2.18. The Morgan fingerprint density at radius 1 is 1.38 bits per heavy atom. The van der Waals surface area contributed by atoms with E-state index in [0.717, 1.165) is 38.9 Å². The number of hydrogen-bond donors (Lipinski definition) is 1. The van der Waals surface area contributed by atoms with Gasteiger partial charge in [-0.2, -0.15) is 0 Å². The fraction of sp³-hybridized carbons (Fsp3) is 0.533. The molecule has 114 valence electrons. The number of likely N-dealkylation sites (tertiary alicyclic amines) is 1. The number of rotatable bonds is 5. The van der Waals surface area contributed by atoms with Crippen LogP contribution in [0.5, 0.6) is 0 Å². The molecule has 0 spiro atoms. The summed E-state index contributed by atoms with van der Waals surface area (Å²) in [6.45, 7) is 5.18. The maximum atomic E-state index is 12.2. The lowest BCUT2D eigenvalue weighted by molar-refractivity contribution is -0.385. The fourth-order valence-electron chi connectivity index (χ4n) is 2.71. The van der Waals surface area contributed by atoms with Gasteiger partial charge in [0.05, 0.1) is 4.92 Å². The van der Waals surface area contributed by atoms with E-state index in [-0.39, 0.29) is 23.2 Å². The Kier molecular flexibility index (Phi) is 5.27. The number of nitro groups is 1. The molecule has 1 N–H and O–H groups in total. The molecule has 1 fully saturated rings. The lowest BCUT2D eigenvalue weighted by atomic mass is 10.0. The molecule has 6 nitrogen and oxygen atoms in total. The minimum atomic E-state index is -0.515. The third kappa shape index (κ3) is 4.01. The van der Waals surface area contributed by atoms with Crippen LogP contribution in [-0.4, -0.2) is 41.4 Å². The first kappa shape index (κ1) is 15.4. The van der Waals surface area contributed by atoms with Gasteiger partial charge in [0.1, 0.15) is 5.56 Å². The molecule has 6 heteroatoms. The molecule has 0 radical (unpaired) electrons. The molecular weight excluding hydrogens is 270 g/mol. The summed E-state index contributed by atoms with van der Waals surface area (Å²) in [5, 5.41) is 13.9. The lowest BCUT2D eigenvalue weighted by Crippen LogP contribution is -2.44. The van der Waals surface area contributed by atoms with E-state index in [4.69, 9.17) is 0 Å². The summed E-state index contributed by atoms with van der Waals surface area (Å²) in [4.78, 5) is 25.0. The van der Waals surface area contributed by atoms with Gasteiger partial charge in [-0.1, -0.05) is 19.1 Å². The number of carbonyl (C=O) groups is 1. The Morgan fingerprint density at radius 3 is 2.67 bits per heavy atom. The van der Waals surface area contributed by atoms with Crippen molar-refractivity contribution >= 4 is 11.6 Å². The molecule has 1 aliphatic heterocycles. The number of carbonyl (C=O) groups excluding carboxylic acids is 1. The highest BCUT2D eigenvalue weighted by Gasteiger charge is 2.24. The van der Waals surface area contributed by atoms with Crippen LogP contribution in [0.4, 0.5) is 5.69 Å². The van der Waals surface area contributed by atoms with Gasteiger partial charge < -0.3 is 10.2 Å². The number of amides is 1. The number of benzene rings is 1. The van der Waals surface area contributed by atoms with Crippen molar-refractivity contribution in [2.24, 2.45) is 0 Å². The van der Waals surface area contributed by atoms with Gasteiger partial charge in [0.2, 0.25) is 0 Å². The van der Waals surface area contributed by atoms with E-state index in [9.17, 15) is 14.9 Å². The van der Waals surface area contributed by atoms with Crippen LogP contribution in [0.1, 0.15) is 36.5 Å². The highest BCUT2D eigenvalue weighted by molar-refractivity contribution is 5.98. The van der Waals surface area contributed by atoms with E-state index in [2.05, 4.69) is 17.1 Å². The Balaban J connectivity index is 1.95. The van der Waals surface area contributed by atoms with E-state index in [1.165, 1.54) is 12.1 Å². The average molecular weight is 291 g/mol. The molecule has 21 heavy (non-hydrogen) atoms. The Hall–Kier alpha value is -1.95. The zero-order valence-electron chi connectivity index (χ0n) is 12.2. The summed E-state index contributed by atoms with van der Waals surface area (Å²) in [5.41, 5.74) is -0.00286. The van der Waals surface area contributed by atoms with E-state index in [1.54, 1.807) is 12.1 Å². The van der Waals surface area contributed by atoms with Crippen LogP contribution in [0.3, 0.4) is 0 Å². The van der Waals surface area contributed by atoms with Crippen molar-refractivity contribution in [3.63, 3.8) is 0 Å². The van der Waals surface area contributed by atoms with Crippen molar-refractivity contribution in [2.75, 3.05) is 19.6 Å². The third-order valence-corrected chi connectivity index (χ3v) is 3.81. The predicted molar refractivity (Wildman–Crippen MR) is 80.3 cm³/mol. The number of nitro benzene ring substituents is 1. The molecule has 1 aliphatic rings. The molecule has 0 aliphatic carbocycles. The van der Waals surface area contributed by atoms with Gasteiger partial charge in [-0.25, -0.2) is 0 Å². The van der Waals surface area contributed by atoms with Crippen molar-refractivity contribution in [1.82, 2.24) is 10.2 Å². The van der Waals surface area contributed by atoms with Crippen molar-refractivity contribution in [3.8, 4) is 0 Å². The first-order valence-electron chi connectivity index (χ1n) is 7.38. The summed E-state index contributed by atoms with van der Waals surface area (Å²) in [6.07, 6.45) is 2.92. The molecule has 0 saturated carbocycles. The van der Waals surface area contributed by atoms with Crippen LogP contribution in [0.25, 0.3) is 0 Å². The standard InChI is InChI=1S/C15H21N3O3/c1-2-9-17-10-7-12(8-11-17)16-15(19)13-5-3-4-6-14(13)18(20)21/h3-6,12H,2,7-11H2,1H3,(H,16,19). The van der Waals surface area contributed by atoms with E-state index < -0.39 is 4.92 Å². The molecule has 1 saturated heterocycles. The van der Waals surface area contributed by atoms with Crippen molar-refractivity contribution in [2.45, 2.75) is 32.2 Å². The number of hydrogen-bond acceptors (Lipinski definition) is 4. The quantitative estimate of drug-likeness (QED) is 0.666. The number of nitrogens with zero attached hydrogens (tertiary/aromatic N) is 2. The van der Waals surface area contributed by atoms with Crippen molar-refractivity contribution in [1.29, 1.82) is 0 Å². The van der Waals surface area contributed by atoms with Crippen molar-refractivity contribution in [3.05, 3.63) is 39.9 Å². The van der Waals surface area contributed by atoms with Crippen LogP contribution in [-0.2, 0) is 0 Å². The van der Waals surface area contributed by atoms with Gasteiger partial charge in [0.15, 0.2) is 0 Å². The Bertz CT molecular complexity index is 511. The topological polar surface area (TPSA) is 75.5 Å². The zero-order chi connectivity index (χ0) is 15.2. The largest absolute Gasteiger partial charge is 0.349 e. The Morgan fingerprint density at radius 2 is 2.05 bits per heavy atom. The summed E-state index contributed by atoms with van der Waals surface area (Å²) in [6, 6.07) is 6.17. The summed E-state index contributed by atoms with van der Waals surface area (Å²) in [5.74, 6) is -0.351. The maximum absolute atomic E-state index is 12.2. The molecular formula is C15H21N3O3. The zero-order valence-corrected chi connectivity index (χ0v) is 12.2. The van der Waals surface area contributed by atoms with Gasteiger partial charge in [0, 0.05) is 25.2 Å².